The van der Waals surface area contributed by atoms with E-state index in [0.717, 1.165) is 35.7 Å². The SMILES string of the molecule is CC1=CC[C@@H](c2ccc3ncccc3c2)OC(=O)CC(O)C(C)(C)C(=O)C(C)[C@@H](O)C(C)CCC1. The molecule has 2 N–H and O–H groups in total. The van der Waals surface area contributed by atoms with Gasteiger partial charge in [0.1, 0.15) is 11.9 Å². The number of esters is 1. The van der Waals surface area contributed by atoms with Crippen molar-refractivity contribution in [2.45, 2.75) is 85.0 Å². The number of carbonyl (C=O) groups is 2. The molecule has 2 heterocycles. The molecule has 6 nitrogen and oxygen atoms in total. The molecule has 0 fully saturated rings. The molecular weight excluding hydrogens is 442 g/mol. The Balaban J connectivity index is 1.91. The molecule has 0 spiro atoms. The summed E-state index contributed by atoms with van der Waals surface area (Å²) in [5.41, 5.74) is 1.71. The van der Waals surface area contributed by atoms with Crippen molar-refractivity contribution in [2.75, 3.05) is 0 Å². The van der Waals surface area contributed by atoms with Gasteiger partial charge < -0.3 is 14.9 Å². The van der Waals surface area contributed by atoms with Crippen LogP contribution in [0.1, 0.15) is 78.4 Å². The number of fused-ring (bicyclic) bond motifs is 1. The number of aliphatic hydroxyl groups is 2. The summed E-state index contributed by atoms with van der Waals surface area (Å²) in [6.07, 6.45) is 4.07. The zero-order valence-corrected chi connectivity index (χ0v) is 21.5. The molecule has 3 rings (SSSR count). The lowest BCUT2D eigenvalue weighted by molar-refractivity contribution is -0.155. The highest BCUT2D eigenvalue weighted by atomic mass is 16.5. The van der Waals surface area contributed by atoms with Crippen molar-refractivity contribution in [3.63, 3.8) is 0 Å². The molecule has 0 bridgehead atoms. The van der Waals surface area contributed by atoms with E-state index in [0.29, 0.717) is 6.42 Å². The molecular formula is C29H39NO5. The fraction of sp³-hybridized carbons (Fsp3) is 0.552. The van der Waals surface area contributed by atoms with Crippen LogP contribution >= 0.6 is 0 Å². The molecule has 5 atom stereocenters. The van der Waals surface area contributed by atoms with Crippen LogP contribution < -0.4 is 0 Å². The van der Waals surface area contributed by atoms with Crippen molar-refractivity contribution < 1.29 is 24.5 Å². The molecule has 6 heteroatoms. The third-order valence-corrected chi connectivity index (χ3v) is 7.52. The van der Waals surface area contributed by atoms with Crippen molar-refractivity contribution >= 4 is 22.7 Å². The minimum absolute atomic E-state index is 0.0495. The van der Waals surface area contributed by atoms with Crippen molar-refractivity contribution in [1.29, 1.82) is 0 Å². The topological polar surface area (TPSA) is 96.7 Å². The summed E-state index contributed by atoms with van der Waals surface area (Å²) in [4.78, 5) is 30.5. The summed E-state index contributed by atoms with van der Waals surface area (Å²) < 4.78 is 5.87. The fourth-order valence-corrected chi connectivity index (χ4v) is 4.85. The Hall–Kier alpha value is -2.57. The van der Waals surface area contributed by atoms with E-state index in [9.17, 15) is 19.8 Å². The van der Waals surface area contributed by atoms with Crippen LogP contribution in [-0.4, -0.2) is 39.2 Å². The molecule has 0 radical (unpaired) electrons. The molecule has 0 saturated heterocycles. The zero-order chi connectivity index (χ0) is 25.8. The molecule has 35 heavy (non-hydrogen) atoms. The number of aromatic nitrogens is 1. The summed E-state index contributed by atoms with van der Waals surface area (Å²) in [6.45, 7) is 8.98. The Bertz CT molecular complexity index is 1080. The molecule has 1 aliphatic rings. The van der Waals surface area contributed by atoms with E-state index in [-0.39, 0.29) is 18.1 Å². The van der Waals surface area contributed by atoms with Gasteiger partial charge in [0.25, 0.3) is 0 Å². The lowest BCUT2D eigenvalue weighted by Crippen LogP contribution is -2.45. The van der Waals surface area contributed by atoms with E-state index in [2.05, 4.69) is 18.0 Å². The van der Waals surface area contributed by atoms with Crippen LogP contribution in [0.5, 0.6) is 0 Å². The van der Waals surface area contributed by atoms with Gasteiger partial charge >= 0.3 is 5.97 Å². The summed E-state index contributed by atoms with van der Waals surface area (Å²) in [6, 6.07) is 9.66. The van der Waals surface area contributed by atoms with Gasteiger partial charge in [-0.15, -0.1) is 0 Å². The van der Waals surface area contributed by atoms with Crippen LogP contribution in [-0.2, 0) is 14.3 Å². The van der Waals surface area contributed by atoms with E-state index in [1.807, 2.05) is 37.3 Å². The van der Waals surface area contributed by atoms with Crippen LogP contribution in [0.25, 0.3) is 10.9 Å². The normalized spacial score (nSPS) is 29.5. The summed E-state index contributed by atoms with van der Waals surface area (Å²) in [5, 5.41) is 22.6. The van der Waals surface area contributed by atoms with E-state index >= 15 is 0 Å². The van der Waals surface area contributed by atoms with Gasteiger partial charge in [0.15, 0.2) is 0 Å². The van der Waals surface area contributed by atoms with Gasteiger partial charge in [-0.3, -0.25) is 14.6 Å². The number of rotatable bonds is 1. The molecule has 0 amide bonds. The number of benzene rings is 1. The second kappa shape index (κ2) is 11.4. The molecule has 1 aromatic carbocycles. The van der Waals surface area contributed by atoms with Gasteiger partial charge in [0.2, 0.25) is 0 Å². The Labute approximate surface area is 208 Å². The van der Waals surface area contributed by atoms with Crippen LogP contribution in [0, 0.1) is 17.3 Å². The first kappa shape index (κ1) is 27.0. The smallest absolute Gasteiger partial charge is 0.309 e. The van der Waals surface area contributed by atoms with Crippen molar-refractivity contribution in [3.05, 3.63) is 53.7 Å². The maximum atomic E-state index is 13.2. The summed E-state index contributed by atoms with van der Waals surface area (Å²) in [5.74, 6) is -1.51. The lowest BCUT2D eigenvalue weighted by Gasteiger charge is -2.34. The van der Waals surface area contributed by atoms with Crippen LogP contribution in [0.4, 0.5) is 0 Å². The van der Waals surface area contributed by atoms with Crippen LogP contribution in [0.3, 0.4) is 0 Å². The summed E-state index contributed by atoms with van der Waals surface area (Å²) >= 11 is 0. The van der Waals surface area contributed by atoms with Crippen molar-refractivity contribution in [2.24, 2.45) is 17.3 Å². The molecule has 2 aromatic rings. The first-order valence-corrected chi connectivity index (χ1v) is 12.6. The number of ketones is 1. The number of carbonyl (C=O) groups excluding carboxylic acids is 2. The zero-order valence-electron chi connectivity index (χ0n) is 21.5. The Kier molecular flexibility index (Phi) is 8.84. The largest absolute Gasteiger partial charge is 0.457 e. The minimum Gasteiger partial charge on any atom is -0.457 e. The van der Waals surface area contributed by atoms with E-state index in [4.69, 9.17) is 4.74 Å². The summed E-state index contributed by atoms with van der Waals surface area (Å²) in [7, 11) is 0. The second-order valence-electron chi connectivity index (χ2n) is 10.7. The Morgan fingerprint density at radius 2 is 1.86 bits per heavy atom. The minimum atomic E-state index is -1.22. The number of hydrogen-bond acceptors (Lipinski definition) is 6. The quantitative estimate of drug-likeness (QED) is 0.423. The molecule has 0 saturated carbocycles. The monoisotopic (exact) mass is 481 g/mol. The highest BCUT2D eigenvalue weighted by molar-refractivity contribution is 5.88. The first-order valence-electron chi connectivity index (χ1n) is 12.6. The Morgan fingerprint density at radius 1 is 1.11 bits per heavy atom. The number of pyridine rings is 1. The number of hydrogen-bond donors (Lipinski definition) is 2. The predicted octanol–water partition coefficient (Wildman–Crippen LogP) is 5.32. The first-order chi connectivity index (χ1) is 16.5. The van der Waals surface area contributed by atoms with Gasteiger partial charge in [-0.05, 0) is 55.9 Å². The molecule has 0 aliphatic carbocycles. The van der Waals surface area contributed by atoms with Crippen LogP contribution in [0.15, 0.2) is 48.2 Å². The molecule has 3 unspecified atom stereocenters. The fourth-order valence-electron chi connectivity index (χ4n) is 4.85. The highest BCUT2D eigenvalue weighted by Gasteiger charge is 2.42. The number of cyclic esters (lactones) is 1. The van der Waals surface area contributed by atoms with Gasteiger partial charge in [0, 0.05) is 23.9 Å². The van der Waals surface area contributed by atoms with E-state index < -0.39 is 35.6 Å². The van der Waals surface area contributed by atoms with Crippen molar-refractivity contribution in [3.8, 4) is 0 Å². The van der Waals surface area contributed by atoms with Gasteiger partial charge in [-0.25, -0.2) is 0 Å². The maximum Gasteiger partial charge on any atom is 0.309 e. The van der Waals surface area contributed by atoms with Gasteiger partial charge in [0.05, 0.1) is 29.6 Å². The molecule has 190 valence electrons. The number of allylic oxidation sites excluding steroid dienone is 1. The van der Waals surface area contributed by atoms with Crippen LogP contribution in [0.2, 0.25) is 0 Å². The number of aliphatic hydroxyl groups excluding tert-OH is 2. The lowest BCUT2D eigenvalue weighted by atomic mass is 9.73. The third kappa shape index (κ3) is 6.56. The predicted molar refractivity (Wildman–Crippen MR) is 137 cm³/mol. The van der Waals surface area contributed by atoms with Gasteiger partial charge in [-0.1, -0.05) is 51.5 Å². The number of Topliss-reactive ketones (excluding diaryl/α,β-unsaturated/α-hetero) is 1. The standard InChI is InChI=1S/C29H39NO5/c1-18-8-6-9-19(2)27(33)20(3)28(34)29(4,5)25(31)17-26(32)35-24(14-11-18)22-12-13-23-21(16-22)10-7-15-30-23/h7,10-13,15-16,19-20,24-25,27,31,33H,6,8-9,14,17H2,1-5H3/t19?,20?,24-,25?,27-/m0/s1. The number of nitrogens with zero attached hydrogens (tertiary/aromatic N) is 1. The average Bonchev–Trinajstić information content (AvgIpc) is 2.84. The van der Waals surface area contributed by atoms with Crippen molar-refractivity contribution in [1.82, 2.24) is 4.98 Å². The molecule has 1 aromatic heterocycles. The van der Waals surface area contributed by atoms with Gasteiger partial charge in [-0.2, -0.15) is 0 Å². The third-order valence-electron chi connectivity index (χ3n) is 7.52. The second-order valence-corrected chi connectivity index (χ2v) is 10.7. The number of ether oxygens (including phenoxy) is 1. The average molecular weight is 482 g/mol. The van der Waals surface area contributed by atoms with E-state index in [1.165, 1.54) is 5.57 Å². The highest BCUT2D eigenvalue weighted by Crippen LogP contribution is 2.33. The van der Waals surface area contributed by atoms with E-state index in [1.54, 1.807) is 27.0 Å². The molecule has 1 aliphatic heterocycles. The maximum absolute atomic E-state index is 13.2. The Morgan fingerprint density at radius 3 is 2.60 bits per heavy atom.